The van der Waals surface area contributed by atoms with Crippen molar-refractivity contribution in [2.24, 2.45) is 0 Å². The van der Waals surface area contributed by atoms with Crippen LogP contribution in [0.15, 0.2) is 24.5 Å². The van der Waals surface area contributed by atoms with E-state index in [2.05, 4.69) is 39.0 Å². The van der Waals surface area contributed by atoms with Crippen molar-refractivity contribution in [1.29, 1.82) is 0 Å². The summed E-state index contributed by atoms with van der Waals surface area (Å²) < 4.78 is 7.26. The quantitative estimate of drug-likeness (QED) is 0.668. The summed E-state index contributed by atoms with van der Waals surface area (Å²) in [6.07, 6.45) is 3.41. The van der Waals surface area contributed by atoms with Gasteiger partial charge in [0.05, 0.1) is 37.0 Å². The molecule has 0 amide bonds. The number of rotatable bonds is 2. The zero-order valence-corrected chi connectivity index (χ0v) is 15.6. The third-order valence-electron chi connectivity index (χ3n) is 4.41. The third-order valence-corrected chi connectivity index (χ3v) is 4.41. The Balaban J connectivity index is 1.90. The zero-order valence-electron chi connectivity index (χ0n) is 15.6. The third kappa shape index (κ3) is 3.52. The molecule has 1 fully saturated rings. The molecule has 4 heterocycles. The van der Waals surface area contributed by atoms with E-state index < -0.39 is 5.60 Å². The number of fused-ring (bicyclic) bond motifs is 1. The fraction of sp³-hybridized carbons (Fsp3) is 0.421. The molecule has 0 bridgehead atoms. The molecular formula is C19H22N6O2. The summed E-state index contributed by atoms with van der Waals surface area (Å²) in [7, 11) is 0. The lowest BCUT2D eigenvalue weighted by Crippen LogP contribution is -2.44. The van der Waals surface area contributed by atoms with Gasteiger partial charge in [-0.05, 0) is 26.8 Å². The molecule has 3 aromatic rings. The summed E-state index contributed by atoms with van der Waals surface area (Å²) in [5.74, 6) is 7.54. The van der Waals surface area contributed by atoms with E-state index in [9.17, 15) is 5.11 Å². The summed E-state index contributed by atoms with van der Waals surface area (Å²) in [5, 5.41) is 22.2. The molecule has 3 aromatic heterocycles. The molecule has 1 saturated heterocycles. The van der Waals surface area contributed by atoms with Crippen LogP contribution in [0, 0.1) is 11.8 Å². The van der Waals surface area contributed by atoms with Gasteiger partial charge in [-0.3, -0.25) is 5.10 Å². The Labute approximate surface area is 157 Å². The molecule has 8 nitrogen and oxygen atoms in total. The molecule has 2 N–H and O–H groups in total. The van der Waals surface area contributed by atoms with Gasteiger partial charge in [0.1, 0.15) is 11.4 Å². The van der Waals surface area contributed by atoms with Crippen molar-refractivity contribution in [3.8, 4) is 17.7 Å². The highest BCUT2D eigenvalue weighted by molar-refractivity contribution is 5.85. The fourth-order valence-electron chi connectivity index (χ4n) is 3.07. The first-order valence-electron chi connectivity index (χ1n) is 8.91. The molecule has 140 valence electrons. The Hall–Kier alpha value is -2.89. The predicted molar refractivity (Wildman–Crippen MR) is 102 cm³/mol. The molecule has 0 spiro atoms. The van der Waals surface area contributed by atoms with E-state index in [1.807, 2.05) is 12.1 Å². The average Bonchev–Trinajstić information content (AvgIpc) is 3.28. The van der Waals surface area contributed by atoms with Gasteiger partial charge < -0.3 is 14.7 Å². The second-order valence-electron chi connectivity index (χ2n) is 7.19. The molecule has 8 heteroatoms. The molecule has 1 unspecified atom stereocenters. The average molecular weight is 366 g/mol. The normalized spacial score (nSPS) is 17.8. The number of hydrogen-bond acceptors (Lipinski definition) is 6. The van der Waals surface area contributed by atoms with Gasteiger partial charge in [-0.15, -0.1) is 0 Å². The van der Waals surface area contributed by atoms with E-state index in [0.29, 0.717) is 18.9 Å². The summed E-state index contributed by atoms with van der Waals surface area (Å²) in [6, 6.07) is 4.00. The Morgan fingerprint density at radius 2 is 2.26 bits per heavy atom. The van der Waals surface area contributed by atoms with Crippen molar-refractivity contribution in [2.45, 2.75) is 32.4 Å². The van der Waals surface area contributed by atoms with E-state index in [-0.39, 0.29) is 6.04 Å². The van der Waals surface area contributed by atoms with Gasteiger partial charge in [-0.25, -0.2) is 4.98 Å². The first-order chi connectivity index (χ1) is 12.9. The Morgan fingerprint density at radius 3 is 2.96 bits per heavy atom. The Bertz CT molecular complexity index is 1010. The lowest BCUT2D eigenvalue weighted by atomic mass is 10.1. The van der Waals surface area contributed by atoms with E-state index in [0.717, 1.165) is 29.1 Å². The summed E-state index contributed by atoms with van der Waals surface area (Å²) >= 11 is 0. The number of aromatic nitrogens is 5. The number of aliphatic hydroxyl groups is 1. The van der Waals surface area contributed by atoms with E-state index >= 15 is 0 Å². The van der Waals surface area contributed by atoms with Gasteiger partial charge in [0, 0.05) is 18.2 Å². The predicted octanol–water partition coefficient (Wildman–Crippen LogP) is 1.49. The molecule has 27 heavy (non-hydrogen) atoms. The van der Waals surface area contributed by atoms with Crippen LogP contribution in [0.1, 0.15) is 26.3 Å². The van der Waals surface area contributed by atoms with E-state index in [1.165, 1.54) is 0 Å². The second kappa shape index (κ2) is 6.68. The van der Waals surface area contributed by atoms with Crippen molar-refractivity contribution in [1.82, 2.24) is 25.0 Å². The van der Waals surface area contributed by atoms with E-state index in [4.69, 9.17) is 9.72 Å². The van der Waals surface area contributed by atoms with Gasteiger partial charge in [0.2, 0.25) is 0 Å². The summed E-state index contributed by atoms with van der Waals surface area (Å²) in [4.78, 5) is 7.07. The summed E-state index contributed by atoms with van der Waals surface area (Å²) in [6.45, 7) is 7.52. The first kappa shape index (κ1) is 17.5. The van der Waals surface area contributed by atoms with Crippen LogP contribution >= 0.6 is 0 Å². The van der Waals surface area contributed by atoms with Crippen LogP contribution in [0.3, 0.4) is 0 Å². The summed E-state index contributed by atoms with van der Waals surface area (Å²) in [5.41, 5.74) is 0.388. The molecular weight excluding hydrogens is 344 g/mol. The largest absolute Gasteiger partial charge is 0.378 e. The number of H-pyrrole nitrogens is 1. The van der Waals surface area contributed by atoms with Crippen LogP contribution in [0.5, 0.6) is 0 Å². The number of ether oxygens (including phenoxy) is 1. The molecule has 1 aliphatic rings. The van der Waals surface area contributed by atoms with Crippen LogP contribution in [0.2, 0.25) is 0 Å². The fourth-order valence-corrected chi connectivity index (χ4v) is 3.07. The van der Waals surface area contributed by atoms with Gasteiger partial charge in [0.15, 0.2) is 11.5 Å². The number of aromatic amines is 1. The monoisotopic (exact) mass is 366 g/mol. The number of hydrogen-bond donors (Lipinski definition) is 2. The van der Waals surface area contributed by atoms with Crippen molar-refractivity contribution in [2.75, 3.05) is 24.7 Å². The lowest BCUT2D eigenvalue weighted by Gasteiger charge is -2.34. The van der Waals surface area contributed by atoms with Crippen LogP contribution in [0.25, 0.3) is 16.9 Å². The number of nitrogens with zero attached hydrogens (tertiary/aromatic N) is 5. The molecule has 4 rings (SSSR count). The second-order valence-corrected chi connectivity index (χ2v) is 7.19. The first-order valence-corrected chi connectivity index (χ1v) is 8.91. The molecule has 0 radical (unpaired) electrons. The van der Waals surface area contributed by atoms with Crippen molar-refractivity contribution < 1.29 is 9.84 Å². The standard InChI is InChI=1S/C19H22N6O2/c1-13-12-27-9-8-24(13)17-10-14(4-6-19(2,3)26)15-11-21-25(18(15)22-17)16-5-7-20-23-16/h5,7,10-11,13,26H,8-9,12H2,1-3H3,(H,20,23). The maximum atomic E-state index is 10.0. The van der Waals surface area contributed by atoms with Crippen LogP contribution < -0.4 is 4.90 Å². The molecule has 0 saturated carbocycles. The number of pyridine rings is 1. The van der Waals surface area contributed by atoms with Crippen molar-refractivity contribution in [3.05, 3.63) is 30.1 Å². The molecule has 1 atom stereocenters. The minimum atomic E-state index is -1.08. The number of nitrogens with one attached hydrogen (secondary N) is 1. The van der Waals surface area contributed by atoms with Crippen LogP contribution in [-0.4, -0.2) is 61.5 Å². The Morgan fingerprint density at radius 1 is 1.41 bits per heavy atom. The van der Waals surface area contributed by atoms with Crippen LogP contribution in [0.4, 0.5) is 5.82 Å². The van der Waals surface area contributed by atoms with Gasteiger partial charge >= 0.3 is 0 Å². The minimum absolute atomic E-state index is 0.210. The van der Waals surface area contributed by atoms with Crippen molar-refractivity contribution in [3.63, 3.8) is 0 Å². The lowest BCUT2D eigenvalue weighted by molar-refractivity contribution is 0.0985. The smallest absolute Gasteiger partial charge is 0.168 e. The molecule has 0 aromatic carbocycles. The highest BCUT2D eigenvalue weighted by atomic mass is 16.5. The van der Waals surface area contributed by atoms with E-state index in [1.54, 1.807) is 30.9 Å². The minimum Gasteiger partial charge on any atom is -0.378 e. The highest BCUT2D eigenvalue weighted by Gasteiger charge is 2.22. The Kier molecular flexibility index (Phi) is 4.34. The van der Waals surface area contributed by atoms with Gasteiger partial charge in [-0.2, -0.15) is 14.9 Å². The number of anilines is 1. The van der Waals surface area contributed by atoms with Gasteiger partial charge in [-0.1, -0.05) is 11.8 Å². The van der Waals surface area contributed by atoms with Crippen LogP contribution in [-0.2, 0) is 4.74 Å². The molecule has 0 aliphatic carbocycles. The van der Waals surface area contributed by atoms with Crippen molar-refractivity contribution >= 4 is 16.9 Å². The van der Waals surface area contributed by atoms with Gasteiger partial charge in [0.25, 0.3) is 0 Å². The molecule has 1 aliphatic heterocycles. The topological polar surface area (TPSA) is 92.1 Å². The zero-order chi connectivity index (χ0) is 19.0. The number of morpholine rings is 1. The SMILES string of the molecule is CC1COCCN1c1cc(C#CC(C)(C)O)c2cnn(-c3ccn[nH]3)c2n1. The highest BCUT2D eigenvalue weighted by Crippen LogP contribution is 2.26. The maximum Gasteiger partial charge on any atom is 0.168 e. The maximum absolute atomic E-state index is 10.0.